The van der Waals surface area contributed by atoms with Crippen LogP contribution in [0.15, 0.2) is 54.6 Å². The van der Waals surface area contributed by atoms with Crippen LogP contribution in [0, 0.1) is 11.7 Å². The van der Waals surface area contributed by atoms with E-state index in [1.165, 1.54) is 18.2 Å². The van der Waals surface area contributed by atoms with Crippen molar-refractivity contribution in [2.75, 3.05) is 17.0 Å². The van der Waals surface area contributed by atoms with Crippen molar-refractivity contribution in [3.63, 3.8) is 0 Å². The molecule has 1 N–H and O–H groups in total. The molecule has 1 amide bonds. The summed E-state index contributed by atoms with van der Waals surface area (Å²) in [6.45, 7) is 4.35. The largest absolute Gasteiger partial charge is 0.338 e. The minimum absolute atomic E-state index is 0.140. The molecule has 0 aliphatic heterocycles. The summed E-state index contributed by atoms with van der Waals surface area (Å²) in [5.74, 6) is -1.85. The van der Waals surface area contributed by atoms with E-state index in [0.717, 1.165) is 11.6 Å². The van der Waals surface area contributed by atoms with Crippen molar-refractivity contribution in [3.8, 4) is 0 Å². The van der Waals surface area contributed by atoms with Gasteiger partial charge in [-0.05, 0) is 30.7 Å². The van der Waals surface area contributed by atoms with Crippen LogP contribution in [0.25, 0.3) is 0 Å². The SMILES string of the molecule is CCN(Cc1ccccc1)C(=O)C(C)CS(=O)(=O)Nc1cccc(F)c1. The van der Waals surface area contributed by atoms with Crippen LogP contribution < -0.4 is 4.72 Å². The molecule has 2 aromatic carbocycles. The predicted molar refractivity (Wildman–Crippen MR) is 101 cm³/mol. The summed E-state index contributed by atoms with van der Waals surface area (Å²) in [6, 6.07) is 14.7. The Morgan fingerprint density at radius 2 is 1.85 bits per heavy atom. The fourth-order valence-corrected chi connectivity index (χ4v) is 4.00. The number of anilines is 1. The van der Waals surface area contributed by atoms with E-state index in [4.69, 9.17) is 0 Å². The molecule has 0 radical (unpaired) electrons. The second-order valence-corrected chi connectivity index (χ2v) is 7.90. The number of benzene rings is 2. The van der Waals surface area contributed by atoms with Crippen LogP contribution in [-0.2, 0) is 21.4 Å². The van der Waals surface area contributed by atoms with Crippen LogP contribution >= 0.6 is 0 Å². The zero-order valence-electron chi connectivity index (χ0n) is 14.9. The molecular formula is C19H23FN2O3S. The smallest absolute Gasteiger partial charge is 0.233 e. The maximum absolute atomic E-state index is 13.2. The van der Waals surface area contributed by atoms with E-state index in [-0.39, 0.29) is 17.3 Å². The molecule has 0 heterocycles. The highest BCUT2D eigenvalue weighted by Crippen LogP contribution is 2.15. The molecule has 0 fully saturated rings. The van der Waals surface area contributed by atoms with E-state index in [0.29, 0.717) is 13.1 Å². The predicted octanol–water partition coefficient (Wildman–Crippen LogP) is 3.25. The van der Waals surface area contributed by atoms with Gasteiger partial charge in [0, 0.05) is 13.1 Å². The first-order chi connectivity index (χ1) is 12.3. The maximum Gasteiger partial charge on any atom is 0.233 e. The molecule has 1 atom stereocenters. The number of halogens is 1. The van der Waals surface area contributed by atoms with E-state index < -0.39 is 21.8 Å². The van der Waals surface area contributed by atoms with Gasteiger partial charge in [-0.15, -0.1) is 0 Å². The topological polar surface area (TPSA) is 66.5 Å². The van der Waals surface area contributed by atoms with Crippen molar-refractivity contribution in [3.05, 3.63) is 66.0 Å². The van der Waals surface area contributed by atoms with Gasteiger partial charge in [-0.3, -0.25) is 9.52 Å². The first-order valence-corrected chi connectivity index (χ1v) is 10.0. The molecule has 0 saturated heterocycles. The van der Waals surface area contributed by atoms with Crippen LogP contribution in [0.3, 0.4) is 0 Å². The molecular weight excluding hydrogens is 355 g/mol. The second-order valence-electron chi connectivity index (χ2n) is 6.13. The van der Waals surface area contributed by atoms with Gasteiger partial charge in [-0.1, -0.05) is 43.3 Å². The van der Waals surface area contributed by atoms with E-state index >= 15 is 0 Å². The van der Waals surface area contributed by atoms with Crippen molar-refractivity contribution >= 4 is 21.6 Å². The highest BCUT2D eigenvalue weighted by molar-refractivity contribution is 7.92. The average Bonchev–Trinajstić information content (AvgIpc) is 2.59. The first-order valence-electron chi connectivity index (χ1n) is 8.39. The Morgan fingerprint density at radius 1 is 1.15 bits per heavy atom. The minimum Gasteiger partial charge on any atom is -0.338 e. The Balaban J connectivity index is 2.01. The van der Waals surface area contributed by atoms with Crippen LogP contribution in [-0.4, -0.2) is 31.5 Å². The zero-order valence-corrected chi connectivity index (χ0v) is 15.7. The van der Waals surface area contributed by atoms with E-state index in [2.05, 4.69) is 4.72 Å². The molecule has 26 heavy (non-hydrogen) atoms. The number of amides is 1. The number of carbonyl (C=O) groups is 1. The lowest BCUT2D eigenvalue weighted by Gasteiger charge is -2.24. The molecule has 0 saturated carbocycles. The standard InChI is InChI=1S/C19H23FN2O3S/c1-3-22(13-16-8-5-4-6-9-16)19(23)15(2)14-26(24,25)21-18-11-7-10-17(20)12-18/h4-12,15,21H,3,13-14H2,1-2H3. The number of nitrogens with zero attached hydrogens (tertiary/aromatic N) is 1. The molecule has 0 aliphatic carbocycles. The maximum atomic E-state index is 13.2. The van der Waals surface area contributed by atoms with Gasteiger partial charge in [0.25, 0.3) is 0 Å². The molecule has 5 nitrogen and oxygen atoms in total. The van der Waals surface area contributed by atoms with Gasteiger partial charge in [0.05, 0.1) is 17.4 Å². The van der Waals surface area contributed by atoms with E-state index in [1.54, 1.807) is 11.8 Å². The quantitative estimate of drug-likeness (QED) is 0.767. The van der Waals surface area contributed by atoms with Crippen LogP contribution in [0.5, 0.6) is 0 Å². The Labute approximate surface area is 153 Å². The molecule has 0 aromatic heterocycles. The van der Waals surface area contributed by atoms with Crippen LogP contribution in [0.4, 0.5) is 10.1 Å². The van der Waals surface area contributed by atoms with Gasteiger partial charge in [0.2, 0.25) is 15.9 Å². The molecule has 0 spiro atoms. The van der Waals surface area contributed by atoms with Gasteiger partial charge < -0.3 is 4.90 Å². The summed E-state index contributed by atoms with van der Waals surface area (Å²) in [5.41, 5.74) is 1.12. The lowest BCUT2D eigenvalue weighted by Crippen LogP contribution is -2.38. The van der Waals surface area contributed by atoms with Crippen molar-refractivity contribution in [2.24, 2.45) is 5.92 Å². The summed E-state index contributed by atoms with van der Waals surface area (Å²) in [4.78, 5) is 14.3. The highest BCUT2D eigenvalue weighted by atomic mass is 32.2. The zero-order chi connectivity index (χ0) is 19.2. The number of rotatable bonds is 8. The second kappa shape index (κ2) is 8.80. The molecule has 2 rings (SSSR count). The van der Waals surface area contributed by atoms with Gasteiger partial charge in [0.15, 0.2) is 0 Å². The fraction of sp³-hybridized carbons (Fsp3) is 0.316. The summed E-state index contributed by atoms with van der Waals surface area (Å²) < 4.78 is 40.1. The average molecular weight is 378 g/mol. The Kier molecular flexibility index (Phi) is 6.74. The monoisotopic (exact) mass is 378 g/mol. The third-order valence-electron chi connectivity index (χ3n) is 3.90. The van der Waals surface area contributed by atoms with Crippen molar-refractivity contribution in [1.82, 2.24) is 4.90 Å². The third-order valence-corrected chi connectivity index (χ3v) is 5.38. The normalized spacial score (nSPS) is 12.4. The van der Waals surface area contributed by atoms with Crippen molar-refractivity contribution < 1.29 is 17.6 Å². The van der Waals surface area contributed by atoms with Crippen LogP contribution in [0.1, 0.15) is 19.4 Å². The number of hydrogen-bond donors (Lipinski definition) is 1. The van der Waals surface area contributed by atoms with Gasteiger partial charge in [-0.2, -0.15) is 0 Å². The number of hydrogen-bond acceptors (Lipinski definition) is 3. The number of carbonyl (C=O) groups excluding carboxylic acids is 1. The molecule has 7 heteroatoms. The number of sulfonamides is 1. The molecule has 1 unspecified atom stereocenters. The highest BCUT2D eigenvalue weighted by Gasteiger charge is 2.25. The molecule has 2 aromatic rings. The van der Waals surface area contributed by atoms with E-state index in [9.17, 15) is 17.6 Å². The van der Waals surface area contributed by atoms with Gasteiger partial charge >= 0.3 is 0 Å². The summed E-state index contributed by atoms with van der Waals surface area (Å²) in [6.07, 6.45) is 0. The van der Waals surface area contributed by atoms with Crippen LogP contribution in [0.2, 0.25) is 0 Å². The van der Waals surface area contributed by atoms with Gasteiger partial charge in [0.1, 0.15) is 5.82 Å². The van der Waals surface area contributed by atoms with Crippen molar-refractivity contribution in [1.29, 1.82) is 0 Å². The fourth-order valence-electron chi connectivity index (χ4n) is 2.63. The molecule has 140 valence electrons. The third kappa shape index (κ3) is 5.84. The first kappa shape index (κ1) is 19.9. The minimum atomic E-state index is -3.77. The summed E-state index contributed by atoms with van der Waals surface area (Å²) in [7, 11) is -3.77. The lowest BCUT2D eigenvalue weighted by atomic mass is 10.1. The Morgan fingerprint density at radius 3 is 2.46 bits per heavy atom. The number of nitrogens with one attached hydrogen (secondary N) is 1. The lowest BCUT2D eigenvalue weighted by molar-refractivity contribution is -0.134. The Bertz CT molecular complexity index is 841. The van der Waals surface area contributed by atoms with Gasteiger partial charge in [-0.25, -0.2) is 12.8 Å². The Hall–Kier alpha value is -2.41. The summed E-state index contributed by atoms with van der Waals surface area (Å²) in [5, 5.41) is 0. The molecule has 0 aliphatic rings. The summed E-state index contributed by atoms with van der Waals surface area (Å²) >= 11 is 0. The molecule has 0 bridgehead atoms. The van der Waals surface area contributed by atoms with E-state index in [1.807, 2.05) is 37.3 Å². The van der Waals surface area contributed by atoms with Crippen molar-refractivity contribution in [2.45, 2.75) is 20.4 Å².